The van der Waals surface area contributed by atoms with Crippen LogP contribution in [0.2, 0.25) is 0 Å². The van der Waals surface area contributed by atoms with E-state index in [0.717, 1.165) is 17.7 Å². The third-order valence-electron chi connectivity index (χ3n) is 3.85. The normalized spacial score (nSPS) is 10.4. The van der Waals surface area contributed by atoms with E-state index in [1.807, 2.05) is 68.4 Å². The molecule has 2 N–H and O–H groups in total. The van der Waals surface area contributed by atoms with Gasteiger partial charge in [-0.3, -0.25) is 4.79 Å². The fraction of sp³-hybridized carbons (Fsp3) is 0.190. The number of amides is 1. The average Bonchev–Trinajstić information content (AvgIpc) is 2.68. The van der Waals surface area contributed by atoms with Crippen molar-refractivity contribution in [2.24, 2.45) is 0 Å². The van der Waals surface area contributed by atoms with Crippen molar-refractivity contribution in [2.75, 3.05) is 11.9 Å². The minimum atomic E-state index is -0.196. The number of rotatable bonds is 6. The molecule has 0 unspecified atom stereocenters. The van der Waals surface area contributed by atoms with E-state index in [9.17, 15) is 4.79 Å². The fourth-order valence-corrected chi connectivity index (χ4v) is 2.46. The fourth-order valence-electron chi connectivity index (χ4n) is 2.46. The number of carbonyl (C=O) groups is 1. The van der Waals surface area contributed by atoms with E-state index in [4.69, 9.17) is 0 Å². The second kappa shape index (κ2) is 8.25. The number of nitrogens with one attached hydrogen (secondary N) is 2. The molecule has 3 rings (SSSR count). The molecule has 0 aliphatic carbocycles. The van der Waals surface area contributed by atoms with Crippen LogP contribution in [0.25, 0.3) is 11.4 Å². The van der Waals surface area contributed by atoms with E-state index >= 15 is 0 Å². The van der Waals surface area contributed by atoms with E-state index in [0.29, 0.717) is 23.9 Å². The smallest absolute Gasteiger partial charge is 0.270 e. The molecule has 1 aromatic heterocycles. The zero-order valence-electron chi connectivity index (χ0n) is 15.0. The van der Waals surface area contributed by atoms with Crippen LogP contribution in [0.4, 0.5) is 11.5 Å². The SMILES string of the molecule is CCCNC(=O)c1cc(Nc2ccc(C)cc2)nc(-c2ccccc2)n1. The molecule has 0 atom stereocenters. The van der Waals surface area contributed by atoms with Gasteiger partial charge in [-0.25, -0.2) is 9.97 Å². The second-order valence-electron chi connectivity index (χ2n) is 6.07. The van der Waals surface area contributed by atoms with Crippen molar-refractivity contribution >= 4 is 17.4 Å². The minimum Gasteiger partial charge on any atom is -0.351 e. The molecule has 0 fully saturated rings. The Balaban J connectivity index is 1.96. The van der Waals surface area contributed by atoms with Gasteiger partial charge >= 0.3 is 0 Å². The van der Waals surface area contributed by atoms with Gasteiger partial charge in [-0.15, -0.1) is 0 Å². The molecule has 2 aromatic carbocycles. The molecule has 132 valence electrons. The summed E-state index contributed by atoms with van der Waals surface area (Å²) in [4.78, 5) is 21.4. The molecule has 26 heavy (non-hydrogen) atoms. The Morgan fingerprint density at radius 3 is 2.42 bits per heavy atom. The van der Waals surface area contributed by atoms with Crippen LogP contribution in [0.5, 0.6) is 0 Å². The second-order valence-corrected chi connectivity index (χ2v) is 6.07. The van der Waals surface area contributed by atoms with Crippen molar-refractivity contribution in [1.82, 2.24) is 15.3 Å². The molecule has 0 aliphatic rings. The van der Waals surface area contributed by atoms with Crippen LogP contribution in [0, 0.1) is 6.92 Å². The number of benzene rings is 2. The summed E-state index contributed by atoms with van der Waals surface area (Å²) in [6.07, 6.45) is 0.872. The maximum Gasteiger partial charge on any atom is 0.270 e. The van der Waals surface area contributed by atoms with Gasteiger partial charge in [0, 0.05) is 23.9 Å². The Morgan fingerprint density at radius 2 is 1.73 bits per heavy atom. The van der Waals surface area contributed by atoms with Crippen molar-refractivity contribution in [3.8, 4) is 11.4 Å². The summed E-state index contributed by atoms with van der Waals surface area (Å²) in [5.41, 5.74) is 3.31. The van der Waals surface area contributed by atoms with Crippen LogP contribution in [0.15, 0.2) is 60.7 Å². The van der Waals surface area contributed by atoms with Gasteiger partial charge in [0.2, 0.25) is 0 Å². The number of hydrogen-bond donors (Lipinski definition) is 2. The predicted molar refractivity (Wildman–Crippen MR) is 105 cm³/mol. The molecular weight excluding hydrogens is 324 g/mol. The number of nitrogens with zero attached hydrogens (tertiary/aromatic N) is 2. The van der Waals surface area contributed by atoms with Crippen molar-refractivity contribution in [2.45, 2.75) is 20.3 Å². The molecule has 1 heterocycles. The van der Waals surface area contributed by atoms with Crippen LogP contribution in [-0.4, -0.2) is 22.4 Å². The van der Waals surface area contributed by atoms with Gasteiger partial charge in [-0.05, 0) is 25.5 Å². The molecule has 0 saturated carbocycles. The number of aromatic nitrogens is 2. The molecule has 1 amide bonds. The van der Waals surface area contributed by atoms with E-state index in [-0.39, 0.29) is 5.91 Å². The Kier molecular flexibility index (Phi) is 5.59. The van der Waals surface area contributed by atoms with Crippen molar-refractivity contribution in [3.05, 3.63) is 71.9 Å². The monoisotopic (exact) mass is 346 g/mol. The quantitative estimate of drug-likeness (QED) is 0.697. The van der Waals surface area contributed by atoms with E-state index in [2.05, 4.69) is 20.6 Å². The zero-order valence-corrected chi connectivity index (χ0v) is 15.0. The Labute approximate surface area is 153 Å². The largest absolute Gasteiger partial charge is 0.351 e. The number of carbonyl (C=O) groups excluding carboxylic acids is 1. The van der Waals surface area contributed by atoms with E-state index in [1.54, 1.807) is 6.07 Å². The zero-order chi connectivity index (χ0) is 18.4. The molecule has 3 aromatic rings. The maximum atomic E-state index is 12.4. The first kappa shape index (κ1) is 17.6. The summed E-state index contributed by atoms with van der Waals surface area (Å²) in [5.74, 6) is 0.909. The summed E-state index contributed by atoms with van der Waals surface area (Å²) in [7, 11) is 0. The summed E-state index contributed by atoms with van der Waals surface area (Å²) in [5, 5.41) is 6.13. The molecule has 0 spiro atoms. The number of aryl methyl sites for hydroxylation is 1. The predicted octanol–water partition coefficient (Wildman–Crippen LogP) is 4.34. The first-order chi connectivity index (χ1) is 12.7. The molecule has 5 heteroatoms. The maximum absolute atomic E-state index is 12.4. The van der Waals surface area contributed by atoms with Gasteiger partial charge in [-0.2, -0.15) is 0 Å². The highest BCUT2D eigenvalue weighted by atomic mass is 16.1. The average molecular weight is 346 g/mol. The number of hydrogen-bond acceptors (Lipinski definition) is 4. The lowest BCUT2D eigenvalue weighted by molar-refractivity contribution is 0.0948. The van der Waals surface area contributed by atoms with Gasteiger partial charge in [0.25, 0.3) is 5.91 Å². The molecule has 0 radical (unpaired) electrons. The third kappa shape index (κ3) is 4.45. The lowest BCUT2D eigenvalue weighted by atomic mass is 10.2. The van der Waals surface area contributed by atoms with Crippen LogP contribution in [0.3, 0.4) is 0 Å². The van der Waals surface area contributed by atoms with Crippen LogP contribution in [-0.2, 0) is 0 Å². The Hall–Kier alpha value is -3.21. The van der Waals surface area contributed by atoms with Gasteiger partial charge < -0.3 is 10.6 Å². The first-order valence-corrected chi connectivity index (χ1v) is 8.72. The highest BCUT2D eigenvalue weighted by molar-refractivity contribution is 5.93. The minimum absolute atomic E-state index is 0.196. The summed E-state index contributed by atoms with van der Waals surface area (Å²) in [6.45, 7) is 4.67. The summed E-state index contributed by atoms with van der Waals surface area (Å²) < 4.78 is 0. The van der Waals surface area contributed by atoms with Crippen molar-refractivity contribution in [3.63, 3.8) is 0 Å². The Morgan fingerprint density at radius 1 is 1.00 bits per heavy atom. The highest BCUT2D eigenvalue weighted by Gasteiger charge is 2.13. The number of anilines is 2. The van der Waals surface area contributed by atoms with Gasteiger partial charge in [0.15, 0.2) is 5.82 Å². The molecule has 0 aliphatic heterocycles. The van der Waals surface area contributed by atoms with Gasteiger partial charge in [-0.1, -0.05) is 55.0 Å². The summed E-state index contributed by atoms with van der Waals surface area (Å²) in [6, 6.07) is 19.3. The van der Waals surface area contributed by atoms with E-state index < -0.39 is 0 Å². The highest BCUT2D eigenvalue weighted by Crippen LogP contribution is 2.21. The van der Waals surface area contributed by atoms with Crippen LogP contribution < -0.4 is 10.6 Å². The Bertz CT molecular complexity index is 876. The third-order valence-corrected chi connectivity index (χ3v) is 3.85. The topological polar surface area (TPSA) is 66.9 Å². The molecular formula is C21H22N4O. The first-order valence-electron chi connectivity index (χ1n) is 8.72. The van der Waals surface area contributed by atoms with E-state index in [1.165, 1.54) is 5.56 Å². The standard InChI is InChI=1S/C21H22N4O/c1-3-13-22-21(26)18-14-19(23-17-11-9-15(2)10-12-17)25-20(24-18)16-7-5-4-6-8-16/h4-12,14H,3,13H2,1-2H3,(H,22,26)(H,23,24,25). The van der Waals surface area contributed by atoms with Crippen LogP contribution >= 0.6 is 0 Å². The van der Waals surface area contributed by atoms with Crippen LogP contribution in [0.1, 0.15) is 29.4 Å². The molecule has 0 saturated heterocycles. The van der Waals surface area contributed by atoms with Crippen molar-refractivity contribution in [1.29, 1.82) is 0 Å². The van der Waals surface area contributed by atoms with Gasteiger partial charge in [0.1, 0.15) is 11.5 Å². The lowest BCUT2D eigenvalue weighted by Gasteiger charge is -2.11. The lowest BCUT2D eigenvalue weighted by Crippen LogP contribution is -2.25. The van der Waals surface area contributed by atoms with Crippen molar-refractivity contribution < 1.29 is 4.79 Å². The van der Waals surface area contributed by atoms with Gasteiger partial charge in [0.05, 0.1) is 0 Å². The molecule has 5 nitrogen and oxygen atoms in total. The molecule has 0 bridgehead atoms. The summed E-state index contributed by atoms with van der Waals surface area (Å²) >= 11 is 0.